The second-order valence-electron chi connectivity index (χ2n) is 2.96. The van der Waals surface area contributed by atoms with E-state index in [2.05, 4.69) is 0 Å². The van der Waals surface area contributed by atoms with Gasteiger partial charge in [-0.2, -0.15) is 0 Å². The minimum Gasteiger partial charge on any atom is -0.506 e. The van der Waals surface area contributed by atoms with Crippen LogP contribution in [0.3, 0.4) is 0 Å². The number of phenolic OH excluding ortho intramolecular Hbond substituents is 1. The molecule has 2 aromatic rings. The van der Waals surface area contributed by atoms with Crippen molar-refractivity contribution in [2.75, 3.05) is 0 Å². The lowest BCUT2D eigenvalue weighted by Crippen LogP contribution is -1.78. The van der Waals surface area contributed by atoms with Crippen LogP contribution < -0.4 is 0 Å². The first-order valence-electron chi connectivity index (χ1n) is 4.05. The molecule has 0 radical (unpaired) electrons. The number of fused-ring (bicyclic) bond motifs is 1. The zero-order chi connectivity index (χ0) is 9.42. The molecule has 0 bridgehead atoms. The molecule has 0 aliphatic heterocycles. The fourth-order valence-corrected chi connectivity index (χ4v) is 2.51. The monoisotopic (exact) mass is 194 g/mol. The first-order chi connectivity index (χ1) is 6.24. The highest BCUT2D eigenvalue weighted by molar-refractivity contribution is 7.19. The van der Waals surface area contributed by atoms with Gasteiger partial charge in [-0.3, -0.25) is 0 Å². The molecule has 1 heterocycles. The first kappa shape index (κ1) is 8.53. The van der Waals surface area contributed by atoms with Gasteiger partial charge in [0.05, 0.1) is 11.3 Å². The topological polar surface area (TPSA) is 40.5 Å². The summed E-state index contributed by atoms with van der Waals surface area (Å²) in [6.07, 6.45) is 0. The molecular formula is C10H10O2S. The summed E-state index contributed by atoms with van der Waals surface area (Å²) in [5, 5.41) is 19.6. The highest BCUT2D eigenvalue weighted by Crippen LogP contribution is 2.36. The Balaban J connectivity index is 2.83. The fourth-order valence-electron chi connectivity index (χ4n) is 1.43. The van der Waals surface area contributed by atoms with Crippen LogP contribution in [0.25, 0.3) is 10.1 Å². The van der Waals surface area contributed by atoms with Crippen molar-refractivity contribution >= 4 is 21.4 Å². The Morgan fingerprint density at radius 2 is 2.15 bits per heavy atom. The van der Waals surface area contributed by atoms with E-state index >= 15 is 0 Å². The van der Waals surface area contributed by atoms with Gasteiger partial charge < -0.3 is 10.2 Å². The minimum absolute atomic E-state index is 0.0463. The van der Waals surface area contributed by atoms with Crippen LogP contribution >= 0.6 is 11.3 Å². The van der Waals surface area contributed by atoms with Gasteiger partial charge in [-0.1, -0.05) is 12.1 Å². The van der Waals surface area contributed by atoms with E-state index in [4.69, 9.17) is 5.11 Å². The number of aliphatic hydroxyl groups is 1. The highest BCUT2D eigenvalue weighted by atomic mass is 32.1. The molecule has 0 spiro atoms. The summed E-state index contributed by atoms with van der Waals surface area (Å²) in [4.78, 5) is 0.927. The molecule has 3 heteroatoms. The summed E-state index contributed by atoms with van der Waals surface area (Å²) in [6, 6.07) is 5.44. The molecular weight excluding hydrogens is 184 g/mol. The van der Waals surface area contributed by atoms with Gasteiger partial charge in [-0.15, -0.1) is 11.3 Å². The zero-order valence-electron chi connectivity index (χ0n) is 7.24. The number of aliphatic hydroxyl groups excluding tert-OH is 1. The van der Waals surface area contributed by atoms with Crippen molar-refractivity contribution in [1.29, 1.82) is 0 Å². The number of rotatable bonds is 1. The maximum Gasteiger partial charge on any atom is 0.133 e. The van der Waals surface area contributed by atoms with E-state index in [-0.39, 0.29) is 6.61 Å². The van der Waals surface area contributed by atoms with Crippen LogP contribution in [0.4, 0.5) is 0 Å². The van der Waals surface area contributed by atoms with E-state index in [1.54, 1.807) is 6.07 Å². The van der Waals surface area contributed by atoms with Crippen molar-refractivity contribution in [3.63, 3.8) is 0 Å². The third-order valence-electron chi connectivity index (χ3n) is 2.19. The quantitative estimate of drug-likeness (QED) is 0.731. The molecule has 68 valence electrons. The van der Waals surface area contributed by atoms with Crippen LogP contribution in [0, 0.1) is 6.92 Å². The largest absolute Gasteiger partial charge is 0.506 e. The maximum atomic E-state index is 9.53. The van der Waals surface area contributed by atoms with Crippen LogP contribution in [0.2, 0.25) is 0 Å². The summed E-state index contributed by atoms with van der Waals surface area (Å²) >= 11 is 1.45. The van der Waals surface area contributed by atoms with Crippen molar-refractivity contribution in [1.82, 2.24) is 0 Å². The molecule has 0 fully saturated rings. The SMILES string of the molecule is Cc1c(CO)sc2c(O)cccc12. The second kappa shape index (κ2) is 3.01. The summed E-state index contributed by atoms with van der Waals surface area (Å²) in [5.41, 5.74) is 1.07. The molecule has 0 unspecified atom stereocenters. The number of benzene rings is 1. The van der Waals surface area contributed by atoms with Gasteiger partial charge in [0.1, 0.15) is 5.75 Å². The van der Waals surface area contributed by atoms with Crippen LogP contribution in [0.15, 0.2) is 18.2 Å². The molecule has 0 amide bonds. The Kier molecular flexibility index (Phi) is 1.98. The Labute approximate surface area is 80.1 Å². The van der Waals surface area contributed by atoms with Gasteiger partial charge in [0.2, 0.25) is 0 Å². The van der Waals surface area contributed by atoms with Crippen molar-refractivity contribution in [3.8, 4) is 5.75 Å². The molecule has 0 aliphatic rings. The average molecular weight is 194 g/mol. The van der Waals surface area contributed by atoms with Crippen molar-refractivity contribution in [2.45, 2.75) is 13.5 Å². The van der Waals surface area contributed by atoms with Crippen LogP contribution in [0.5, 0.6) is 5.75 Å². The average Bonchev–Trinajstić information content (AvgIpc) is 2.45. The normalized spacial score (nSPS) is 10.9. The molecule has 1 aromatic carbocycles. The van der Waals surface area contributed by atoms with Gasteiger partial charge in [-0.25, -0.2) is 0 Å². The predicted molar refractivity (Wildman–Crippen MR) is 54.1 cm³/mol. The molecule has 0 aliphatic carbocycles. The van der Waals surface area contributed by atoms with Crippen molar-refractivity contribution in [3.05, 3.63) is 28.6 Å². The van der Waals surface area contributed by atoms with Crippen molar-refractivity contribution < 1.29 is 10.2 Å². The lowest BCUT2D eigenvalue weighted by atomic mass is 10.1. The van der Waals surface area contributed by atoms with E-state index in [1.807, 2.05) is 19.1 Å². The Bertz CT molecular complexity index is 445. The lowest BCUT2D eigenvalue weighted by molar-refractivity contribution is 0.285. The van der Waals surface area contributed by atoms with Crippen LogP contribution in [-0.2, 0) is 6.61 Å². The fraction of sp³-hybridized carbons (Fsp3) is 0.200. The Morgan fingerprint density at radius 3 is 2.77 bits per heavy atom. The Hall–Kier alpha value is -1.06. The second-order valence-corrected chi connectivity index (χ2v) is 4.07. The summed E-state index contributed by atoms with van der Waals surface area (Å²) in [5.74, 6) is 0.297. The van der Waals surface area contributed by atoms with Gasteiger partial charge >= 0.3 is 0 Å². The van der Waals surface area contributed by atoms with Gasteiger partial charge in [0, 0.05) is 4.88 Å². The smallest absolute Gasteiger partial charge is 0.133 e. The first-order valence-corrected chi connectivity index (χ1v) is 4.86. The number of aromatic hydroxyl groups is 1. The molecule has 0 atom stereocenters. The third-order valence-corrected chi connectivity index (χ3v) is 3.50. The zero-order valence-corrected chi connectivity index (χ0v) is 8.06. The van der Waals surface area contributed by atoms with Gasteiger partial charge in [0.25, 0.3) is 0 Å². The molecule has 2 rings (SSSR count). The molecule has 13 heavy (non-hydrogen) atoms. The molecule has 0 saturated carbocycles. The summed E-state index contributed by atoms with van der Waals surface area (Å²) in [7, 11) is 0. The predicted octanol–water partition coefficient (Wildman–Crippen LogP) is 2.41. The van der Waals surface area contributed by atoms with Gasteiger partial charge in [-0.05, 0) is 23.9 Å². The minimum atomic E-state index is 0.0463. The molecule has 1 aromatic heterocycles. The number of hydrogen-bond donors (Lipinski definition) is 2. The van der Waals surface area contributed by atoms with E-state index in [0.717, 1.165) is 20.5 Å². The molecule has 2 nitrogen and oxygen atoms in total. The van der Waals surface area contributed by atoms with E-state index in [0.29, 0.717) is 5.75 Å². The number of thiophene rings is 1. The molecule has 0 saturated heterocycles. The van der Waals surface area contributed by atoms with Crippen LogP contribution in [-0.4, -0.2) is 10.2 Å². The number of hydrogen-bond acceptors (Lipinski definition) is 3. The third kappa shape index (κ3) is 1.20. The van der Waals surface area contributed by atoms with Gasteiger partial charge in [0.15, 0.2) is 0 Å². The van der Waals surface area contributed by atoms with E-state index in [1.165, 1.54) is 11.3 Å². The highest BCUT2D eigenvalue weighted by Gasteiger charge is 2.09. The maximum absolute atomic E-state index is 9.53. The summed E-state index contributed by atoms with van der Waals surface area (Å²) < 4.78 is 0.865. The lowest BCUT2D eigenvalue weighted by Gasteiger charge is -1.93. The Morgan fingerprint density at radius 1 is 1.38 bits per heavy atom. The van der Waals surface area contributed by atoms with E-state index < -0.39 is 0 Å². The number of phenols is 1. The van der Waals surface area contributed by atoms with E-state index in [9.17, 15) is 5.11 Å². The van der Waals surface area contributed by atoms with Crippen molar-refractivity contribution in [2.24, 2.45) is 0 Å². The standard InChI is InChI=1S/C10H10O2S/c1-6-7-3-2-4-8(12)10(7)13-9(6)5-11/h2-4,11-12H,5H2,1H3. The number of aryl methyl sites for hydroxylation is 1. The molecule has 2 N–H and O–H groups in total. The van der Waals surface area contributed by atoms with Crippen LogP contribution in [0.1, 0.15) is 10.4 Å². The summed E-state index contributed by atoms with van der Waals surface area (Å²) in [6.45, 7) is 2.01.